The maximum absolute atomic E-state index is 12.7. The monoisotopic (exact) mass is 350 g/mol. The fourth-order valence-corrected chi connectivity index (χ4v) is 7.18. The van der Waals surface area contributed by atoms with Crippen molar-refractivity contribution >= 4 is 15.7 Å². The lowest BCUT2D eigenvalue weighted by atomic mass is 9.53. The third-order valence-electron chi connectivity index (χ3n) is 5.89. The number of nitrogens with one attached hydrogen (secondary N) is 1. The van der Waals surface area contributed by atoms with Crippen LogP contribution in [0.4, 0.5) is 5.69 Å². The normalized spacial score (nSPS) is 34.4. The zero-order valence-electron chi connectivity index (χ0n) is 13.5. The molecule has 4 aliphatic rings. The fraction of sp³-hybridized carbons (Fsp3) is 0.647. The van der Waals surface area contributed by atoms with Gasteiger partial charge < -0.3 is 0 Å². The molecule has 0 saturated heterocycles. The highest BCUT2D eigenvalue weighted by Gasteiger charge is 2.52. The lowest BCUT2D eigenvalue weighted by molar-refractivity contribution is -0.384. The Hall–Kier alpha value is -1.47. The standard InChI is InChI=1S/C17H22N2O4S/c20-19(21)16-3-1-2-12(7-16)11-24(22,23)18-17-8-13-4-14(9-17)6-15(5-13)10-17/h1-3,7,13-15,18H,4-6,8-11H2. The average molecular weight is 350 g/mol. The highest BCUT2D eigenvalue weighted by atomic mass is 32.2. The van der Waals surface area contributed by atoms with E-state index < -0.39 is 14.9 Å². The van der Waals surface area contributed by atoms with Crippen molar-refractivity contribution in [2.45, 2.75) is 49.8 Å². The number of rotatable bonds is 5. The molecule has 1 N–H and O–H groups in total. The van der Waals surface area contributed by atoms with Crippen LogP contribution in [0.25, 0.3) is 0 Å². The highest BCUT2D eigenvalue weighted by Crippen LogP contribution is 2.55. The van der Waals surface area contributed by atoms with E-state index in [2.05, 4.69) is 4.72 Å². The lowest BCUT2D eigenvalue weighted by Crippen LogP contribution is -2.59. The van der Waals surface area contributed by atoms with Gasteiger partial charge in [0, 0.05) is 17.7 Å². The second-order valence-corrected chi connectivity index (χ2v) is 9.71. The molecule has 7 heteroatoms. The van der Waals surface area contributed by atoms with E-state index in [1.165, 1.54) is 37.5 Å². The minimum atomic E-state index is -3.51. The molecule has 1 aromatic rings. The van der Waals surface area contributed by atoms with Crippen molar-refractivity contribution in [1.82, 2.24) is 4.72 Å². The highest BCUT2D eigenvalue weighted by molar-refractivity contribution is 7.88. The summed E-state index contributed by atoms with van der Waals surface area (Å²) in [6.07, 6.45) is 6.62. The van der Waals surface area contributed by atoms with Crippen molar-refractivity contribution in [1.29, 1.82) is 0 Å². The maximum Gasteiger partial charge on any atom is 0.269 e. The van der Waals surface area contributed by atoms with E-state index in [-0.39, 0.29) is 17.0 Å². The van der Waals surface area contributed by atoms with Crippen LogP contribution in [0.15, 0.2) is 24.3 Å². The molecule has 0 heterocycles. The molecule has 24 heavy (non-hydrogen) atoms. The molecule has 4 saturated carbocycles. The molecule has 1 aromatic carbocycles. The largest absolute Gasteiger partial charge is 0.269 e. The Kier molecular flexibility index (Phi) is 3.69. The Morgan fingerprint density at radius 3 is 2.25 bits per heavy atom. The van der Waals surface area contributed by atoms with Gasteiger partial charge in [-0.25, -0.2) is 13.1 Å². The Labute approximate surface area is 141 Å². The van der Waals surface area contributed by atoms with Gasteiger partial charge in [0.05, 0.1) is 10.7 Å². The Morgan fingerprint density at radius 2 is 1.71 bits per heavy atom. The molecule has 6 nitrogen and oxygen atoms in total. The third-order valence-corrected chi connectivity index (χ3v) is 7.35. The van der Waals surface area contributed by atoms with Gasteiger partial charge in [-0.15, -0.1) is 0 Å². The number of nitrogens with zero attached hydrogens (tertiary/aromatic N) is 1. The van der Waals surface area contributed by atoms with Crippen LogP contribution in [0.2, 0.25) is 0 Å². The smallest absolute Gasteiger partial charge is 0.258 e. The summed E-state index contributed by atoms with van der Waals surface area (Å²) in [5, 5.41) is 10.9. The molecule has 0 atom stereocenters. The van der Waals surface area contributed by atoms with Gasteiger partial charge in [-0.05, 0) is 61.8 Å². The zero-order chi connectivity index (χ0) is 16.9. The zero-order valence-corrected chi connectivity index (χ0v) is 14.3. The summed E-state index contributed by atoms with van der Waals surface area (Å²) < 4.78 is 28.4. The average Bonchev–Trinajstić information content (AvgIpc) is 2.44. The van der Waals surface area contributed by atoms with Crippen LogP contribution in [0.5, 0.6) is 0 Å². The topological polar surface area (TPSA) is 89.3 Å². The van der Waals surface area contributed by atoms with E-state index in [4.69, 9.17) is 0 Å². The van der Waals surface area contributed by atoms with Crippen molar-refractivity contribution in [3.8, 4) is 0 Å². The molecule has 4 fully saturated rings. The summed E-state index contributed by atoms with van der Waals surface area (Å²) in [5.74, 6) is 1.79. The molecule has 0 radical (unpaired) electrons. The number of nitro groups is 1. The van der Waals surface area contributed by atoms with Crippen molar-refractivity contribution < 1.29 is 13.3 Å². The van der Waals surface area contributed by atoms with Crippen molar-refractivity contribution in [2.75, 3.05) is 0 Å². The van der Waals surface area contributed by atoms with Crippen LogP contribution in [0.1, 0.15) is 44.1 Å². The predicted octanol–water partition coefficient (Wildman–Crippen LogP) is 2.98. The summed E-state index contributed by atoms with van der Waals surface area (Å²) in [5.41, 5.74) is 0.118. The number of hydrogen-bond donors (Lipinski definition) is 1. The first kappa shape index (κ1) is 16.0. The predicted molar refractivity (Wildman–Crippen MR) is 89.8 cm³/mol. The molecule has 130 valence electrons. The Morgan fingerprint density at radius 1 is 1.12 bits per heavy atom. The van der Waals surface area contributed by atoms with Crippen LogP contribution in [0, 0.1) is 27.9 Å². The molecule has 0 unspecified atom stereocenters. The van der Waals surface area contributed by atoms with Gasteiger partial charge in [0.15, 0.2) is 0 Å². The van der Waals surface area contributed by atoms with Gasteiger partial charge in [0.2, 0.25) is 10.0 Å². The second kappa shape index (κ2) is 5.52. The van der Waals surface area contributed by atoms with E-state index in [1.807, 2.05) is 0 Å². The molecule has 0 aliphatic heterocycles. The quantitative estimate of drug-likeness (QED) is 0.653. The van der Waals surface area contributed by atoms with Gasteiger partial charge in [-0.1, -0.05) is 12.1 Å². The van der Waals surface area contributed by atoms with Crippen LogP contribution < -0.4 is 4.72 Å². The van der Waals surface area contributed by atoms with Crippen molar-refractivity contribution in [3.05, 3.63) is 39.9 Å². The van der Waals surface area contributed by atoms with Gasteiger partial charge >= 0.3 is 0 Å². The first-order valence-corrected chi connectivity index (χ1v) is 10.2. The van der Waals surface area contributed by atoms with Crippen molar-refractivity contribution in [3.63, 3.8) is 0 Å². The lowest BCUT2D eigenvalue weighted by Gasteiger charge is -2.56. The third kappa shape index (κ3) is 3.07. The number of sulfonamides is 1. The number of benzene rings is 1. The molecular formula is C17H22N2O4S. The molecule has 0 spiro atoms. The molecule has 4 aliphatic carbocycles. The van der Waals surface area contributed by atoms with E-state index in [0.717, 1.165) is 19.3 Å². The van der Waals surface area contributed by atoms with Crippen LogP contribution in [-0.2, 0) is 15.8 Å². The van der Waals surface area contributed by atoms with Gasteiger partial charge in [-0.2, -0.15) is 0 Å². The van der Waals surface area contributed by atoms with E-state index in [0.29, 0.717) is 23.3 Å². The summed E-state index contributed by atoms with van der Waals surface area (Å²) in [4.78, 5) is 10.4. The number of hydrogen-bond acceptors (Lipinski definition) is 4. The molecule has 5 rings (SSSR count). The van der Waals surface area contributed by atoms with Crippen molar-refractivity contribution in [2.24, 2.45) is 17.8 Å². The SMILES string of the molecule is O=[N+]([O-])c1cccc(CS(=O)(=O)NC23CC4CC(CC(C4)C2)C3)c1. The van der Waals surface area contributed by atoms with E-state index >= 15 is 0 Å². The fourth-order valence-electron chi connectivity index (χ4n) is 5.58. The van der Waals surface area contributed by atoms with Crippen LogP contribution in [0.3, 0.4) is 0 Å². The van der Waals surface area contributed by atoms with Gasteiger partial charge in [0.25, 0.3) is 5.69 Å². The first-order chi connectivity index (χ1) is 11.3. The maximum atomic E-state index is 12.7. The molecule has 0 amide bonds. The molecule has 4 bridgehead atoms. The summed E-state index contributed by atoms with van der Waals surface area (Å²) in [6, 6.07) is 5.89. The molecular weight excluding hydrogens is 328 g/mol. The molecule has 0 aromatic heterocycles. The Balaban J connectivity index is 1.52. The summed E-state index contributed by atoms with van der Waals surface area (Å²) in [6.45, 7) is 0. The summed E-state index contributed by atoms with van der Waals surface area (Å²) >= 11 is 0. The van der Waals surface area contributed by atoms with Crippen LogP contribution >= 0.6 is 0 Å². The van der Waals surface area contributed by atoms with Crippen LogP contribution in [-0.4, -0.2) is 18.9 Å². The van der Waals surface area contributed by atoms with Gasteiger partial charge in [-0.3, -0.25) is 10.1 Å². The minimum absolute atomic E-state index is 0.0718. The van der Waals surface area contributed by atoms with E-state index in [1.54, 1.807) is 6.07 Å². The van der Waals surface area contributed by atoms with Gasteiger partial charge in [0.1, 0.15) is 0 Å². The first-order valence-electron chi connectivity index (χ1n) is 8.57. The number of non-ortho nitro benzene ring substituents is 1. The minimum Gasteiger partial charge on any atom is -0.258 e. The number of nitro benzene ring substituents is 1. The second-order valence-electron chi connectivity index (χ2n) is 7.99. The van der Waals surface area contributed by atoms with E-state index in [9.17, 15) is 18.5 Å². The summed E-state index contributed by atoms with van der Waals surface area (Å²) in [7, 11) is -3.51. The Bertz CT molecular complexity index is 739.